The van der Waals surface area contributed by atoms with E-state index in [1.165, 1.54) is 29.0 Å². The van der Waals surface area contributed by atoms with Gasteiger partial charge in [0, 0.05) is 0 Å². The van der Waals surface area contributed by atoms with E-state index in [2.05, 4.69) is 54.6 Å². The molecule has 0 fully saturated rings. The van der Waals surface area contributed by atoms with Crippen molar-refractivity contribution in [1.29, 1.82) is 0 Å². The maximum Gasteiger partial charge on any atom is 0.308 e. The van der Waals surface area contributed by atoms with Crippen LogP contribution in [-0.2, 0) is 22.4 Å². The summed E-state index contributed by atoms with van der Waals surface area (Å²) in [5, 5.41) is 2.59. The lowest BCUT2D eigenvalue weighted by Gasteiger charge is -2.15. The predicted octanol–water partition coefficient (Wildman–Crippen LogP) is 5.58. The summed E-state index contributed by atoms with van der Waals surface area (Å²) in [5.41, 5.74) is 2.63. The number of carbonyl (C=O) groups excluding carboxylic acids is 1. The van der Waals surface area contributed by atoms with Gasteiger partial charge in [-0.1, -0.05) is 72.8 Å². The van der Waals surface area contributed by atoms with E-state index >= 15 is 0 Å². The zero-order chi connectivity index (χ0) is 18.2. The minimum absolute atomic E-state index is 0.0322. The Labute approximate surface area is 155 Å². The van der Waals surface area contributed by atoms with Gasteiger partial charge in [0.25, 0.3) is 0 Å². The Balaban J connectivity index is 1.59. The van der Waals surface area contributed by atoms with Gasteiger partial charge in [-0.05, 0) is 54.0 Å². The number of aryl methyl sites for hydroxylation is 2. The molecule has 0 saturated heterocycles. The van der Waals surface area contributed by atoms with E-state index in [1.807, 2.05) is 18.2 Å². The summed E-state index contributed by atoms with van der Waals surface area (Å²) in [6, 6.07) is 25.3. The molecule has 26 heavy (non-hydrogen) atoms. The first-order valence-corrected chi connectivity index (χ1v) is 9.36. The molecule has 1 atom stereocenters. The van der Waals surface area contributed by atoms with Gasteiger partial charge in [0.2, 0.25) is 0 Å². The van der Waals surface area contributed by atoms with Crippen LogP contribution in [0, 0.1) is 5.92 Å². The Bertz CT molecular complexity index is 834. The first-order chi connectivity index (χ1) is 12.8. The Morgan fingerprint density at radius 1 is 0.846 bits per heavy atom. The van der Waals surface area contributed by atoms with Crippen molar-refractivity contribution in [1.82, 2.24) is 0 Å². The number of benzene rings is 3. The van der Waals surface area contributed by atoms with Gasteiger partial charge in [0.05, 0.1) is 13.0 Å². The van der Waals surface area contributed by atoms with Crippen LogP contribution in [0.15, 0.2) is 72.8 Å². The summed E-state index contributed by atoms with van der Waals surface area (Å²) in [7, 11) is 1.49. The molecule has 0 spiro atoms. The Morgan fingerprint density at radius 2 is 1.58 bits per heavy atom. The number of methoxy groups -OCH3 is 1. The second kappa shape index (κ2) is 9.19. The molecule has 0 radical (unpaired) electrons. The van der Waals surface area contributed by atoms with Gasteiger partial charge in [0.1, 0.15) is 0 Å². The second-order valence-electron chi connectivity index (χ2n) is 6.77. The van der Waals surface area contributed by atoms with Crippen LogP contribution in [0.4, 0.5) is 0 Å². The van der Waals surface area contributed by atoms with Crippen LogP contribution in [-0.4, -0.2) is 13.1 Å². The van der Waals surface area contributed by atoms with Crippen LogP contribution in [0.2, 0.25) is 0 Å². The summed E-state index contributed by atoms with van der Waals surface area (Å²) in [4.78, 5) is 12.2. The fraction of sp³-hybridized carbons (Fsp3) is 0.292. The van der Waals surface area contributed by atoms with Crippen molar-refractivity contribution in [3.8, 4) is 0 Å². The van der Waals surface area contributed by atoms with Gasteiger partial charge < -0.3 is 4.74 Å². The highest BCUT2D eigenvalue weighted by Gasteiger charge is 2.18. The molecule has 0 aliphatic carbocycles. The molecule has 0 amide bonds. The van der Waals surface area contributed by atoms with Gasteiger partial charge in [-0.3, -0.25) is 4.79 Å². The first kappa shape index (κ1) is 18.2. The Hall–Kier alpha value is -2.61. The van der Waals surface area contributed by atoms with Gasteiger partial charge in [-0.2, -0.15) is 0 Å². The van der Waals surface area contributed by atoms with Gasteiger partial charge in [0.15, 0.2) is 0 Å². The quantitative estimate of drug-likeness (QED) is 0.497. The van der Waals surface area contributed by atoms with Gasteiger partial charge in [-0.15, -0.1) is 0 Å². The summed E-state index contributed by atoms with van der Waals surface area (Å²) < 4.78 is 5.03. The normalized spacial score (nSPS) is 12.0. The van der Waals surface area contributed by atoms with E-state index < -0.39 is 0 Å². The van der Waals surface area contributed by atoms with Gasteiger partial charge >= 0.3 is 5.97 Å². The number of esters is 1. The minimum Gasteiger partial charge on any atom is -0.469 e. The van der Waals surface area contributed by atoms with Crippen molar-refractivity contribution in [2.75, 3.05) is 7.11 Å². The lowest BCUT2D eigenvalue weighted by molar-refractivity contribution is -0.145. The topological polar surface area (TPSA) is 26.3 Å². The molecule has 0 aliphatic heterocycles. The van der Waals surface area contributed by atoms with Gasteiger partial charge in [-0.25, -0.2) is 0 Å². The Kier molecular flexibility index (Phi) is 6.43. The molecule has 0 aliphatic rings. The van der Waals surface area contributed by atoms with Crippen molar-refractivity contribution in [2.45, 2.75) is 32.1 Å². The molecule has 0 saturated carbocycles. The van der Waals surface area contributed by atoms with E-state index in [0.29, 0.717) is 0 Å². The fourth-order valence-corrected chi connectivity index (χ4v) is 3.58. The van der Waals surface area contributed by atoms with E-state index in [9.17, 15) is 4.79 Å². The second-order valence-corrected chi connectivity index (χ2v) is 6.77. The van der Waals surface area contributed by atoms with Crippen molar-refractivity contribution in [2.24, 2.45) is 5.92 Å². The van der Waals surface area contributed by atoms with Crippen molar-refractivity contribution >= 4 is 16.7 Å². The summed E-state index contributed by atoms with van der Waals surface area (Å²) in [5.74, 6) is -0.117. The molecule has 0 N–H and O–H groups in total. The SMILES string of the molecule is COC(=O)C(CCCc1cccc2ccccc12)CCc1ccccc1. The Morgan fingerprint density at radius 3 is 2.38 bits per heavy atom. The highest BCUT2D eigenvalue weighted by molar-refractivity contribution is 5.85. The third-order valence-corrected chi connectivity index (χ3v) is 5.04. The molecule has 134 valence electrons. The molecule has 3 rings (SSSR count). The first-order valence-electron chi connectivity index (χ1n) is 9.36. The highest BCUT2D eigenvalue weighted by Crippen LogP contribution is 2.23. The average Bonchev–Trinajstić information content (AvgIpc) is 2.71. The van der Waals surface area contributed by atoms with Crippen LogP contribution in [0.1, 0.15) is 30.4 Å². The number of ether oxygens (including phenoxy) is 1. The molecule has 1 unspecified atom stereocenters. The third kappa shape index (κ3) is 4.72. The fourth-order valence-electron chi connectivity index (χ4n) is 3.58. The number of hydrogen-bond donors (Lipinski definition) is 0. The average molecular weight is 346 g/mol. The minimum atomic E-state index is -0.0844. The molecular weight excluding hydrogens is 320 g/mol. The zero-order valence-corrected chi connectivity index (χ0v) is 15.4. The number of rotatable bonds is 8. The molecule has 3 aromatic carbocycles. The van der Waals surface area contributed by atoms with Crippen LogP contribution >= 0.6 is 0 Å². The van der Waals surface area contributed by atoms with Crippen LogP contribution < -0.4 is 0 Å². The maximum absolute atomic E-state index is 12.2. The van der Waals surface area contributed by atoms with Crippen LogP contribution in [0.25, 0.3) is 10.8 Å². The zero-order valence-electron chi connectivity index (χ0n) is 15.4. The smallest absolute Gasteiger partial charge is 0.308 e. The van der Waals surface area contributed by atoms with Crippen LogP contribution in [0.5, 0.6) is 0 Å². The standard InChI is InChI=1S/C24H26O2/c1-26-24(25)22(18-17-19-9-3-2-4-10-19)15-8-14-21-13-7-12-20-11-5-6-16-23(20)21/h2-7,9-13,16,22H,8,14-15,17-18H2,1H3. The number of hydrogen-bond acceptors (Lipinski definition) is 2. The summed E-state index contributed by atoms with van der Waals surface area (Å²) in [6.07, 6.45) is 4.59. The van der Waals surface area contributed by atoms with E-state index in [1.54, 1.807) is 0 Å². The van der Waals surface area contributed by atoms with Crippen LogP contribution in [0.3, 0.4) is 0 Å². The van der Waals surface area contributed by atoms with Crippen molar-refractivity contribution < 1.29 is 9.53 Å². The predicted molar refractivity (Wildman–Crippen MR) is 107 cm³/mol. The van der Waals surface area contributed by atoms with Crippen molar-refractivity contribution in [3.05, 3.63) is 83.9 Å². The molecule has 0 aromatic heterocycles. The highest BCUT2D eigenvalue weighted by atomic mass is 16.5. The maximum atomic E-state index is 12.2. The molecule has 3 aromatic rings. The molecule has 2 heteroatoms. The van der Waals surface area contributed by atoms with E-state index in [0.717, 1.165) is 32.1 Å². The number of fused-ring (bicyclic) bond motifs is 1. The summed E-state index contributed by atoms with van der Waals surface area (Å²) in [6.45, 7) is 0. The van der Waals surface area contributed by atoms with Crippen molar-refractivity contribution in [3.63, 3.8) is 0 Å². The molecule has 2 nitrogen and oxygen atoms in total. The molecule has 0 bridgehead atoms. The number of carbonyl (C=O) groups is 1. The largest absolute Gasteiger partial charge is 0.469 e. The van der Waals surface area contributed by atoms with E-state index in [-0.39, 0.29) is 11.9 Å². The lowest BCUT2D eigenvalue weighted by Crippen LogP contribution is -2.17. The molecular formula is C24H26O2. The monoisotopic (exact) mass is 346 g/mol. The third-order valence-electron chi connectivity index (χ3n) is 5.04. The van der Waals surface area contributed by atoms with E-state index in [4.69, 9.17) is 4.74 Å². The summed E-state index contributed by atoms with van der Waals surface area (Å²) >= 11 is 0. The lowest BCUT2D eigenvalue weighted by atomic mass is 9.92. The molecule has 0 heterocycles.